The Morgan fingerprint density at radius 3 is 2.56 bits per heavy atom. The lowest BCUT2D eigenvalue weighted by Crippen LogP contribution is -2.35. The molecule has 3 heterocycles. The van der Waals surface area contributed by atoms with Crippen molar-refractivity contribution in [2.45, 2.75) is 13.1 Å². The van der Waals surface area contributed by atoms with E-state index in [0.717, 1.165) is 55.2 Å². The Balaban J connectivity index is 1.37. The number of morpholine rings is 1. The van der Waals surface area contributed by atoms with Crippen molar-refractivity contribution < 1.29 is 18.3 Å². The van der Waals surface area contributed by atoms with Gasteiger partial charge in [0.05, 0.1) is 25.0 Å². The molecule has 0 unspecified atom stereocenters. The second kappa shape index (κ2) is 8.98. The Morgan fingerprint density at radius 2 is 1.75 bits per heavy atom. The van der Waals surface area contributed by atoms with Crippen molar-refractivity contribution in [3.8, 4) is 0 Å². The number of aromatic nitrogens is 1. The van der Waals surface area contributed by atoms with Crippen LogP contribution in [-0.2, 0) is 17.8 Å². The number of fused-ring (bicyclic) bond motifs is 1. The maximum Gasteiger partial charge on any atom is 0.272 e. The van der Waals surface area contributed by atoms with Crippen LogP contribution in [0.3, 0.4) is 0 Å². The smallest absolute Gasteiger partial charge is 0.272 e. The normalized spacial score (nSPS) is 14.7. The lowest BCUT2D eigenvalue weighted by molar-refractivity contribution is 0.0342. The first kappa shape index (κ1) is 20.5. The molecular weight excluding hydrogens is 409 g/mol. The number of ether oxygens (including phenoxy) is 1. The van der Waals surface area contributed by atoms with Crippen molar-refractivity contribution in [3.05, 3.63) is 89.6 Å². The van der Waals surface area contributed by atoms with E-state index in [1.54, 1.807) is 18.4 Å². The lowest BCUT2D eigenvalue weighted by atomic mass is 10.1. The van der Waals surface area contributed by atoms with Gasteiger partial charge < -0.3 is 19.0 Å². The molecule has 1 N–H and O–H groups in total. The Bertz CT molecular complexity index is 1240. The van der Waals surface area contributed by atoms with E-state index in [1.807, 2.05) is 34.9 Å². The monoisotopic (exact) mass is 433 g/mol. The van der Waals surface area contributed by atoms with E-state index in [9.17, 15) is 9.18 Å². The summed E-state index contributed by atoms with van der Waals surface area (Å²) in [5.41, 5.74) is 4.50. The van der Waals surface area contributed by atoms with Gasteiger partial charge in [-0.3, -0.25) is 9.69 Å². The zero-order valence-electron chi connectivity index (χ0n) is 17.6. The van der Waals surface area contributed by atoms with Crippen LogP contribution in [0.5, 0.6) is 0 Å². The first-order chi connectivity index (χ1) is 15.7. The van der Waals surface area contributed by atoms with Gasteiger partial charge in [-0.1, -0.05) is 24.3 Å². The summed E-state index contributed by atoms with van der Waals surface area (Å²) in [6.07, 6.45) is 1.59. The fourth-order valence-electron chi connectivity index (χ4n) is 4.11. The third-order valence-electron chi connectivity index (χ3n) is 5.68. The van der Waals surface area contributed by atoms with Crippen LogP contribution in [0.25, 0.3) is 11.1 Å². The number of halogens is 1. The van der Waals surface area contributed by atoms with E-state index in [-0.39, 0.29) is 11.7 Å². The number of nitrogens with zero attached hydrogens (tertiary/aromatic N) is 2. The predicted octanol–water partition coefficient (Wildman–Crippen LogP) is 4.51. The zero-order chi connectivity index (χ0) is 21.9. The summed E-state index contributed by atoms with van der Waals surface area (Å²) in [5, 5.41) is 3.01. The second-order valence-corrected chi connectivity index (χ2v) is 7.96. The number of carbonyl (C=O) groups is 1. The van der Waals surface area contributed by atoms with E-state index in [4.69, 9.17) is 9.15 Å². The molecule has 2 aromatic heterocycles. The standard InChI is InChI=1S/C25H24FN3O3/c26-20-5-1-3-18(13-20)17-29-22-7-10-32-24(22)15-23(29)25(30)27-21-6-2-4-19(14-21)16-28-8-11-31-12-9-28/h1-7,10,13-15H,8-9,11-12,16-17H2,(H,27,30). The summed E-state index contributed by atoms with van der Waals surface area (Å²) in [6.45, 7) is 4.49. The maximum atomic E-state index is 13.7. The Hall–Kier alpha value is -3.42. The van der Waals surface area contributed by atoms with E-state index in [1.165, 1.54) is 12.1 Å². The molecule has 0 spiro atoms. The lowest BCUT2D eigenvalue weighted by Gasteiger charge is -2.26. The number of rotatable bonds is 6. The van der Waals surface area contributed by atoms with Gasteiger partial charge in [-0.25, -0.2) is 4.39 Å². The van der Waals surface area contributed by atoms with Crippen LogP contribution in [0.4, 0.5) is 10.1 Å². The van der Waals surface area contributed by atoms with Gasteiger partial charge in [0.1, 0.15) is 11.5 Å². The summed E-state index contributed by atoms with van der Waals surface area (Å²) >= 11 is 0. The van der Waals surface area contributed by atoms with Crippen molar-refractivity contribution in [2.75, 3.05) is 31.6 Å². The van der Waals surface area contributed by atoms with Gasteiger partial charge in [-0.15, -0.1) is 0 Å². The number of hydrogen-bond donors (Lipinski definition) is 1. The molecule has 5 rings (SSSR count). The van der Waals surface area contributed by atoms with Crippen LogP contribution in [0.1, 0.15) is 21.6 Å². The number of benzene rings is 2. The van der Waals surface area contributed by atoms with Gasteiger partial charge in [0.2, 0.25) is 0 Å². The molecule has 1 aliphatic heterocycles. The molecule has 1 fully saturated rings. The topological polar surface area (TPSA) is 59.6 Å². The molecule has 2 aromatic carbocycles. The van der Waals surface area contributed by atoms with Gasteiger partial charge in [0, 0.05) is 44.0 Å². The highest BCUT2D eigenvalue weighted by Crippen LogP contribution is 2.24. The van der Waals surface area contributed by atoms with Gasteiger partial charge >= 0.3 is 0 Å². The van der Waals surface area contributed by atoms with Gasteiger partial charge in [-0.2, -0.15) is 0 Å². The molecule has 7 heteroatoms. The van der Waals surface area contributed by atoms with Crippen molar-refractivity contribution >= 4 is 22.7 Å². The molecule has 6 nitrogen and oxygen atoms in total. The van der Waals surface area contributed by atoms with Crippen LogP contribution in [0.15, 0.2) is 71.3 Å². The number of hydrogen-bond acceptors (Lipinski definition) is 4. The van der Waals surface area contributed by atoms with Crippen molar-refractivity contribution in [1.29, 1.82) is 0 Å². The van der Waals surface area contributed by atoms with Crippen LogP contribution >= 0.6 is 0 Å². The van der Waals surface area contributed by atoms with Crippen LogP contribution in [0.2, 0.25) is 0 Å². The van der Waals surface area contributed by atoms with E-state index in [0.29, 0.717) is 17.8 Å². The molecule has 4 aromatic rings. The molecule has 0 atom stereocenters. The fraction of sp³-hybridized carbons (Fsp3) is 0.240. The summed E-state index contributed by atoms with van der Waals surface area (Å²) < 4.78 is 26.5. The first-order valence-electron chi connectivity index (χ1n) is 10.7. The molecule has 0 aliphatic carbocycles. The molecular formula is C25H24FN3O3. The second-order valence-electron chi connectivity index (χ2n) is 7.96. The number of furan rings is 1. The highest BCUT2D eigenvalue weighted by molar-refractivity contribution is 6.05. The van der Waals surface area contributed by atoms with Crippen LogP contribution in [-0.4, -0.2) is 41.7 Å². The third kappa shape index (κ3) is 4.44. The average Bonchev–Trinajstić information content (AvgIpc) is 3.38. The minimum atomic E-state index is -0.304. The van der Waals surface area contributed by atoms with Gasteiger partial charge in [0.15, 0.2) is 5.58 Å². The highest BCUT2D eigenvalue weighted by Gasteiger charge is 2.18. The third-order valence-corrected chi connectivity index (χ3v) is 5.68. The maximum absolute atomic E-state index is 13.7. The predicted molar refractivity (Wildman–Crippen MR) is 120 cm³/mol. The van der Waals surface area contributed by atoms with Crippen molar-refractivity contribution in [2.24, 2.45) is 0 Å². The average molecular weight is 433 g/mol. The quantitative estimate of drug-likeness (QED) is 0.486. The zero-order valence-corrected chi connectivity index (χ0v) is 17.6. The van der Waals surface area contributed by atoms with Crippen molar-refractivity contribution in [1.82, 2.24) is 9.47 Å². The molecule has 0 saturated carbocycles. The Kier molecular flexibility index (Phi) is 5.75. The SMILES string of the molecule is O=C(Nc1cccc(CN2CCOCC2)c1)c1cc2occc2n1Cc1cccc(F)c1. The Morgan fingerprint density at radius 1 is 0.969 bits per heavy atom. The summed E-state index contributed by atoms with van der Waals surface area (Å²) in [7, 11) is 0. The minimum Gasteiger partial charge on any atom is -0.463 e. The number of carbonyl (C=O) groups excluding carboxylic acids is 1. The minimum absolute atomic E-state index is 0.240. The molecule has 1 aliphatic rings. The molecule has 0 bridgehead atoms. The number of amides is 1. The van der Waals surface area contributed by atoms with E-state index >= 15 is 0 Å². The molecule has 1 amide bonds. The number of nitrogens with one attached hydrogen (secondary N) is 1. The summed E-state index contributed by atoms with van der Waals surface area (Å²) in [6, 6.07) is 17.8. The molecule has 1 saturated heterocycles. The summed E-state index contributed by atoms with van der Waals surface area (Å²) in [4.78, 5) is 15.5. The molecule has 164 valence electrons. The van der Waals surface area contributed by atoms with E-state index < -0.39 is 0 Å². The van der Waals surface area contributed by atoms with Crippen LogP contribution in [0, 0.1) is 5.82 Å². The van der Waals surface area contributed by atoms with E-state index in [2.05, 4.69) is 16.3 Å². The molecule has 0 radical (unpaired) electrons. The first-order valence-corrected chi connectivity index (χ1v) is 10.7. The van der Waals surface area contributed by atoms with Crippen LogP contribution < -0.4 is 5.32 Å². The fourth-order valence-corrected chi connectivity index (χ4v) is 4.11. The van der Waals surface area contributed by atoms with Gasteiger partial charge in [-0.05, 0) is 35.4 Å². The number of anilines is 1. The van der Waals surface area contributed by atoms with Gasteiger partial charge in [0.25, 0.3) is 5.91 Å². The van der Waals surface area contributed by atoms with Crippen molar-refractivity contribution in [3.63, 3.8) is 0 Å². The molecule has 32 heavy (non-hydrogen) atoms. The summed E-state index contributed by atoms with van der Waals surface area (Å²) in [5.74, 6) is -0.544. The Labute approximate surface area is 185 Å². The largest absolute Gasteiger partial charge is 0.463 e. The highest BCUT2D eigenvalue weighted by atomic mass is 19.1.